The Bertz CT molecular complexity index is 275. The lowest BCUT2D eigenvalue weighted by Gasteiger charge is -2.31. The highest BCUT2D eigenvalue weighted by molar-refractivity contribution is 8.00. The van der Waals surface area contributed by atoms with Crippen LogP contribution in [-0.4, -0.2) is 59.5 Å². The van der Waals surface area contributed by atoms with Crippen LogP contribution in [0.25, 0.3) is 0 Å². The molecule has 0 aromatic carbocycles. The number of nitrogens with two attached hydrogens (primary N) is 1. The molecule has 1 saturated heterocycles. The van der Waals surface area contributed by atoms with Gasteiger partial charge in [-0.15, -0.1) is 0 Å². The topological polar surface area (TPSA) is 71.1 Å². The van der Waals surface area contributed by atoms with Crippen molar-refractivity contribution >= 4 is 17.6 Å². The van der Waals surface area contributed by atoms with Gasteiger partial charge in [-0.3, -0.25) is 4.90 Å². The van der Waals surface area contributed by atoms with Crippen LogP contribution in [-0.2, 0) is 4.74 Å². The van der Waals surface area contributed by atoms with Crippen molar-refractivity contribution in [2.75, 3.05) is 32.0 Å². The average Bonchev–Trinajstić information content (AvgIpc) is 2.27. The first kappa shape index (κ1) is 14.4. The number of ether oxygens (including phenoxy) is 1. The fraction of sp³-hybridized carbons (Fsp3) is 0.875. The fourth-order valence-corrected chi connectivity index (χ4v) is 2.02. The molecule has 5 nitrogen and oxygen atoms in total. The Morgan fingerprint density at radius 3 is 2.88 bits per heavy atom. The summed E-state index contributed by atoms with van der Waals surface area (Å²) in [4.78, 5) is 1.80. The van der Waals surface area contributed by atoms with Gasteiger partial charge in [0.2, 0.25) is 0 Å². The van der Waals surface area contributed by atoms with Crippen LogP contribution < -0.4 is 5.73 Å². The molecule has 1 fully saturated rings. The van der Waals surface area contributed by atoms with E-state index in [4.69, 9.17) is 15.7 Å². The Hall–Kier alpha value is -0.670. The number of thioether (sulfide) groups is 1. The van der Waals surface area contributed by atoms with Crippen molar-refractivity contribution in [2.45, 2.75) is 11.6 Å². The van der Waals surface area contributed by atoms with Crippen molar-refractivity contribution in [1.29, 1.82) is 0 Å². The molecule has 0 spiro atoms. The van der Waals surface area contributed by atoms with Gasteiger partial charge in [-0.25, -0.2) is 0 Å². The number of amidine groups is 1. The normalized spacial score (nSPS) is 23.9. The number of rotatable bonds is 4. The zero-order valence-corrected chi connectivity index (χ0v) is 9.80. The van der Waals surface area contributed by atoms with E-state index in [0.717, 1.165) is 0 Å². The number of alkyl halides is 3. The molecule has 0 saturated carbocycles. The van der Waals surface area contributed by atoms with Gasteiger partial charge in [-0.1, -0.05) is 5.16 Å². The van der Waals surface area contributed by atoms with Crippen molar-refractivity contribution in [1.82, 2.24) is 4.90 Å². The second-order valence-corrected chi connectivity index (χ2v) is 4.64. The molecule has 1 aliphatic heterocycles. The molecule has 0 bridgehead atoms. The summed E-state index contributed by atoms with van der Waals surface area (Å²) in [5, 5.41) is 11.3. The number of hydrogen-bond acceptors (Lipinski definition) is 5. The first-order chi connectivity index (χ1) is 7.92. The summed E-state index contributed by atoms with van der Waals surface area (Å²) in [6, 6.07) is 0. The van der Waals surface area contributed by atoms with Gasteiger partial charge in [0, 0.05) is 25.4 Å². The third-order valence-electron chi connectivity index (χ3n) is 2.27. The van der Waals surface area contributed by atoms with E-state index in [0.29, 0.717) is 26.2 Å². The molecule has 1 rings (SSSR count). The Morgan fingerprint density at radius 2 is 2.29 bits per heavy atom. The van der Waals surface area contributed by atoms with Crippen LogP contribution in [0, 0.1) is 0 Å². The third kappa shape index (κ3) is 5.46. The van der Waals surface area contributed by atoms with E-state index in [1.165, 1.54) is 0 Å². The molecule has 0 amide bonds. The van der Waals surface area contributed by atoms with Gasteiger partial charge in [-0.2, -0.15) is 13.2 Å². The summed E-state index contributed by atoms with van der Waals surface area (Å²) in [6.07, 6.45) is -0.551. The Morgan fingerprint density at radius 1 is 1.59 bits per heavy atom. The number of oxime groups is 1. The summed E-state index contributed by atoms with van der Waals surface area (Å²) in [5.41, 5.74) is 1.17. The van der Waals surface area contributed by atoms with Crippen molar-refractivity contribution in [3.63, 3.8) is 0 Å². The van der Waals surface area contributed by atoms with Gasteiger partial charge < -0.3 is 15.7 Å². The lowest BCUT2D eigenvalue weighted by atomic mass is 10.2. The Kier molecular flexibility index (Phi) is 5.34. The molecular weight excluding hydrogens is 259 g/mol. The Labute approximate surface area is 101 Å². The maximum atomic E-state index is 11.9. The van der Waals surface area contributed by atoms with E-state index < -0.39 is 11.6 Å². The first-order valence-electron chi connectivity index (χ1n) is 4.94. The molecule has 1 atom stereocenters. The summed E-state index contributed by atoms with van der Waals surface area (Å²) in [6.45, 7) is 1.54. The highest BCUT2D eigenvalue weighted by atomic mass is 32.2. The highest BCUT2D eigenvalue weighted by Crippen LogP contribution is 2.29. The van der Waals surface area contributed by atoms with Crippen LogP contribution in [0.15, 0.2) is 5.16 Å². The zero-order valence-electron chi connectivity index (χ0n) is 8.98. The largest absolute Gasteiger partial charge is 0.441 e. The molecule has 3 N–H and O–H groups in total. The van der Waals surface area contributed by atoms with Gasteiger partial charge in [0.05, 0.1) is 6.61 Å². The quantitative estimate of drug-likeness (QED) is 0.341. The van der Waals surface area contributed by atoms with Gasteiger partial charge in [0.1, 0.15) is 6.10 Å². The summed E-state index contributed by atoms with van der Waals surface area (Å²) in [7, 11) is 0. The highest BCUT2D eigenvalue weighted by Gasteiger charge is 2.29. The molecule has 0 radical (unpaired) electrons. The van der Waals surface area contributed by atoms with E-state index in [9.17, 15) is 13.2 Å². The number of halogens is 3. The minimum atomic E-state index is -4.20. The lowest BCUT2D eigenvalue weighted by molar-refractivity contribution is -0.0331. The third-order valence-corrected chi connectivity index (χ3v) is 2.98. The van der Waals surface area contributed by atoms with E-state index >= 15 is 0 Å². The van der Waals surface area contributed by atoms with E-state index in [1.807, 2.05) is 0 Å². The molecule has 100 valence electrons. The van der Waals surface area contributed by atoms with E-state index in [2.05, 4.69) is 5.16 Å². The molecule has 0 aromatic heterocycles. The predicted molar refractivity (Wildman–Crippen MR) is 58.1 cm³/mol. The van der Waals surface area contributed by atoms with Crippen LogP contribution in [0.5, 0.6) is 0 Å². The van der Waals surface area contributed by atoms with Crippen LogP contribution in [0.4, 0.5) is 13.2 Å². The molecule has 0 aliphatic carbocycles. The standard InChI is InChI=1S/C8H14F3N3O2S/c9-8(10,11)17-4-2-14-1-3-16-6(5-14)7(12)13-15/h6,15H,1-5H2,(H2,12,13). The summed E-state index contributed by atoms with van der Waals surface area (Å²) < 4.78 is 41.0. The minimum Gasteiger partial charge on any atom is -0.409 e. The zero-order chi connectivity index (χ0) is 12.9. The molecular formula is C8H14F3N3O2S. The first-order valence-corrected chi connectivity index (χ1v) is 5.93. The van der Waals surface area contributed by atoms with Crippen LogP contribution >= 0.6 is 11.8 Å². The van der Waals surface area contributed by atoms with Crippen molar-refractivity contribution < 1.29 is 23.1 Å². The molecule has 17 heavy (non-hydrogen) atoms. The van der Waals surface area contributed by atoms with Crippen molar-refractivity contribution in [3.05, 3.63) is 0 Å². The Balaban J connectivity index is 2.30. The maximum absolute atomic E-state index is 11.9. The van der Waals surface area contributed by atoms with Crippen molar-refractivity contribution in [2.24, 2.45) is 10.9 Å². The molecule has 1 aliphatic rings. The van der Waals surface area contributed by atoms with Gasteiger partial charge in [0.25, 0.3) is 0 Å². The predicted octanol–water partition coefficient (Wildman–Crippen LogP) is 0.687. The SMILES string of the molecule is NC(=NO)C1CN(CCSC(F)(F)F)CCO1. The second kappa shape index (κ2) is 6.31. The fourth-order valence-electron chi connectivity index (χ4n) is 1.44. The van der Waals surface area contributed by atoms with Crippen molar-refractivity contribution in [3.8, 4) is 0 Å². The molecule has 9 heteroatoms. The molecule has 1 heterocycles. The number of morpholine rings is 1. The van der Waals surface area contributed by atoms with Crippen LogP contribution in [0.3, 0.4) is 0 Å². The molecule has 0 aromatic rings. The summed E-state index contributed by atoms with van der Waals surface area (Å²) >= 11 is -0.0508. The lowest BCUT2D eigenvalue weighted by Crippen LogP contribution is -2.49. The number of nitrogens with zero attached hydrogens (tertiary/aromatic N) is 2. The van der Waals surface area contributed by atoms with Crippen LogP contribution in [0.2, 0.25) is 0 Å². The minimum absolute atomic E-state index is 0.0353. The van der Waals surface area contributed by atoms with Crippen LogP contribution in [0.1, 0.15) is 0 Å². The monoisotopic (exact) mass is 273 g/mol. The number of hydrogen-bond donors (Lipinski definition) is 2. The van der Waals surface area contributed by atoms with Gasteiger partial charge in [-0.05, 0) is 11.8 Å². The van der Waals surface area contributed by atoms with E-state index in [1.54, 1.807) is 4.90 Å². The second-order valence-electron chi connectivity index (χ2n) is 3.48. The van der Waals surface area contributed by atoms with Gasteiger partial charge in [0.15, 0.2) is 5.84 Å². The summed E-state index contributed by atoms with van der Waals surface area (Å²) in [5.74, 6) is -0.0926. The smallest absolute Gasteiger partial charge is 0.409 e. The molecule has 1 unspecified atom stereocenters. The maximum Gasteiger partial charge on any atom is 0.441 e. The van der Waals surface area contributed by atoms with E-state index in [-0.39, 0.29) is 23.4 Å². The average molecular weight is 273 g/mol. The van der Waals surface area contributed by atoms with Gasteiger partial charge >= 0.3 is 5.51 Å².